The van der Waals surface area contributed by atoms with Crippen LogP contribution in [0.3, 0.4) is 0 Å². The number of methoxy groups -OCH3 is 1. The fourth-order valence-electron chi connectivity index (χ4n) is 1.48. The molecule has 17 heavy (non-hydrogen) atoms. The molecule has 1 aromatic rings. The van der Waals surface area contributed by atoms with Crippen LogP contribution >= 0.6 is 0 Å². The van der Waals surface area contributed by atoms with Crippen molar-refractivity contribution >= 4 is 5.91 Å². The van der Waals surface area contributed by atoms with Gasteiger partial charge in [0.25, 0.3) is 5.91 Å². The summed E-state index contributed by atoms with van der Waals surface area (Å²) in [7, 11) is 1.61. The molecule has 1 rings (SSSR count). The minimum Gasteiger partial charge on any atom is -0.385 e. The Kier molecular flexibility index (Phi) is 5.10. The van der Waals surface area contributed by atoms with Crippen LogP contribution in [-0.2, 0) is 4.74 Å². The smallest absolute Gasteiger partial charge is 0.254 e. The molecular weight excluding hydrogens is 221 g/mol. The molecule has 4 heteroatoms. The monoisotopic (exact) mass is 239 g/mol. The lowest BCUT2D eigenvalue weighted by atomic mass is 10.1. The molecule has 1 aromatic carbocycles. The number of benzene rings is 1. The number of nitrogens with one attached hydrogen (secondary N) is 1. The highest BCUT2D eigenvalue weighted by atomic mass is 19.1. The summed E-state index contributed by atoms with van der Waals surface area (Å²) >= 11 is 0. The van der Waals surface area contributed by atoms with Gasteiger partial charge in [0, 0.05) is 19.8 Å². The summed E-state index contributed by atoms with van der Waals surface area (Å²) in [4.78, 5) is 11.8. The van der Waals surface area contributed by atoms with Crippen molar-refractivity contribution in [1.29, 1.82) is 0 Å². The van der Waals surface area contributed by atoms with Crippen molar-refractivity contribution < 1.29 is 13.9 Å². The molecule has 0 radical (unpaired) electrons. The van der Waals surface area contributed by atoms with Crippen molar-refractivity contribution in [3.8, 4) is 0 Å². The van der Waals surface area contributed by atoms with E-state index in [0.29, 0.717) is 13.0 Å². The van der Waals surface area contributed by atoms with Crippen molar-refractivity contribution in [3.05, 3.63) is 35.1 Å². The molecule has 0 aromatic heterocycles. The molecule has 0 fully saturated rings. The van der Waals surface area contributed by atoms with Gasteiger partial charge in [-0.1, -0.05) is 11.6 Å². The molecule has 0 bridgehead atoms. The summed E-state index contributed by atoms with van der Waals surface area (Å²) in [5, 5.41) is 2.74. The number of hydrogen-bond donors (Lipinski definition) is 1. The molecule has 94 valence electrons. The minimum absolute atomic E-state index is 0.0395. The molecule has 0 spiro atoms. The Morgan fingerprint density at radius 3 is 2.88 bits per heavy atom. The molecule has 0 saturated carbocycles. The predicted octanol–water partition coefficient (Wildman–Crippen LogP) is 2.29. The van der Waals surface area contributed by atoms with E-state index >= 15 is 0 Å². The maximum absolute atomic E-state index is 13.4. The number of carbonyl (C=O) groups excluding carboxylic acids is 1. The van der Waals surface area contributed by atoms with Gasteiger partial charge in [-0.05, 0) is 32.4 Å². The van der Waals surface area contributed by atoms with Crippen LogP contribution in [0.5, 0.6) is 0 Å². The van der Waals surface area contributed by atoms with Gasteiger partial charge >= 0.3 is 0 Å². The molecule has 3 nitrogen and oxygen atoms in total. The molecule has 1 N–H and O–H groups in total. The Morgan fingerprint density at radius 2 is 2.24 bits per heavy atom. The van der Waals surface area contributed by atoms with Crippen molar-refractivity contribution in [3.63, 3.8) is 0 Å². The molecule has 0 aliphatic heterocycles. The second-order valence-corrected chi connectivity index (χ2v) is 4.14. The van der Waals surface area contributed by atoms with Crippen LogP contribution in [0.1, 0.15) is 29.3 Å². The summed E-state index contributed by atoms with van der Waals surface area (Å²) in [6.07, 6.45) is 0.704. The number of carbonyl (C=O) groups is 1. The van der Waals surface area contributed by atoms with Gasteiger partial charge < -0.3 is 10.1 Å². The third kappa shape index (κ3) is 4.15. The van der Waals surface area contributed by atoms with E-state index in [4.69, 9.17) is 4.74 Å². The summed E-state index contributed by atoms with van der Waals surface area (Å²) in [6, 6.07) is 4.46. The van der Waals surface area contributed by atoms with Crippen LogP contribution < -0.4 is 5.32 Å². The lowest BCUT2D eigenvalue weighted by molar-refractivity contribution is 0.0925. The Morgan fingerprint density at radius 1 is 1.53 bits per heavy atom. The zero-order valence-electron chi connectivity index (χ0n) is 10.4. The standard InChI is InChI=1S/C13H18FNO2/c1-9-4-5-12(14)11(8-9)13(16)15-10(2)6-7-17-3/h4-5,8,10H,6-7H2,1-3H3,(H,15,16). The van der Waals surface area contributed by atoms with Gasteiger partial charge in [-0.2, -0.15) is 0 Å². The normalized spacial score (nSPS) is 12.2. The number of ether oxygens (including phenoxy) is 1. The molecule has 0 aliphatic carbocycles. The van der Waals surface area contributed by atoms with Crippen LogP contribution in [0.4, 0.5) is 4.39 Å². The van der Waals surface area contributed by atoms with Gasteiger partial charge in [-0.25, -0.2) is 4.39 Å². The Labute approximate surface area is 101 Å². The zero-order chi connectivity index (χ0) is 12.8. The third-order valence-corrected chi connectivity index (χ3v) is 2.50. The van der Waals surface area contributed by atoms with Gasteiger partial charge in [0.05, 0.1) is 5.56 Å². The Bertz CT molecular complexity index is 393. The van der Waals surface area contributed by atoms with Gasteiger partial charge in [-0.3, -0.25) is 4.79 Å². The lowest BCUT2D eigenvalue weighted by Gasteiger charge is -2.13. The number of aryl methyl sites for hydroxylation is 1. The number of amides is 1. The quantitative estimate of drug-likeness (QED) is 0.856. The van der Waals surface area contributed by atoms with Crippen molar-refractivity contribution in [1.82, 2.24) is 5.32 Å². The van der Waals surface area contributed by atoms with Gasteiger partial charge in [0.1, 0.15) is 5.82 Å². The van der Waals surface area contributed by atoms with Gasteiger partial charge in [0.15, 0.2) is 0 Å². The molecule has 1 amide bonds. The second-order valence-electron chi connectivity index (χ2n) is 4.14. The van der Waals surface area contributed by atoms with E-state index in [1.165, 1.54) is 6.07 Å². The van der Waals surface area contributed by atoms with E-state index in [-0.39, 0.29) is 17.5 Å². The highest BCUT2D eigenvalue weighted by Gasteiger charge is 2.13. The van der Waals surface area contributed by atoms with Crippen molar-refractivity contribution in [2.45, 2.75) is 26.3 Å². The van der Waals surface area contributed by atoms with Crippen LogP contribution in [0.25, 0.3) is 0 Å². The topological polar surface area (TPSA) is 38.3 Å². The summed E-state index contributed by atoms with van der Waals surface area (Å²) in [5.74, 6) is -0.873. The Hall–Kier alpha value is -1.42. The molecule has 1 unspecified atom stereocenters. The molecule has 1 atom stereocenters. The van der Waals surface area contributed by atoms with E-state index in [1.807, 2.05) is 13.8 Å². The molecule has 0 saturated heterocycles. The van der Waals surface area contributed by atoms with Crippen LogP contribution in [0, 0.1) is 12.7 Å². The maximum atomic E-state index is 13.4. The molecule has 0 aliphatic rings. The van der Waals surface area contributed by atoms with E-state index in [1.54, 1.807) is 19.2 Å². The third-order valence-electron chi connectivity index (χ3n) is 2.50. The summed E-state index contributed by atoms with van der Waals surface area (Å²) < 4.78 is 18.4. The minimum atomic E-state index is -0.493. The first-order chi connectivity index (χ1) is 8.04. The van der Waals surface area contributed by atoms with E-state index in [9.17, 15) is 9.18 Å². The van der Waals surface area contributed by atoms with E-state index < -0.39 is 5.82 Å². The first-order valence-corrected chi connectivity index (χ1v) is 5.60. The number of halogens is 1. The van der Waals surface area contributed by atoms with E-state index in [0.717, 1.165) is 5.56 Å². The highest BCUT2D eigenvalue weighted by molar-refractivity contribution is 5.94. The average molecular weight is 239 g/mol. The predicted molar refractivity (Wildman–Crippen MR) is 64.6 cm³/mol. The maximum Gasteiger partial charge on any atom is 0.254 e. The average Bonchev–Trinajstić information content (AvgIpc) is 2.29. The van der Waals surface area contributed by atoms with Gasteiger partial charge in [0.2, 0.25) is 0 Å². The van der Waals surface area contributed by atoms with Crippen LogP contribution in [0.15, 0.2) is 18.2 Å². The Balaban J connectivity index is 2.66. The number of rotatable bonds is 5. The second kappa shape index (κ2) is 6.35. The van der Waals surface area contributed by atoms with Gasteiger partial charge in [-0.15, -0.1) is 0 Å². The van der Waals surface area contributed by atoms with Crippen molar-refractivity contribution in [2.75, 3.05) is 13.7 Å². The number of hydrogen-bond acceptors (Lipinski definition) is 2. The first-order valence-electron chi connectivity index (χ1n) is 5.60. The van der Waals surface area contributed by atoms with Crippen LogP contribution in [0.2, 0.25) is 0 Å². The summed E-state index contributed by atoms with van der Waals surface area (Å²) in [5.41, 5.74) is 0.954. The molecule has 0 heterocycles. The fourth-order valence-corrected chi connectivity index (χ4v) is 1.48. The van der Waals surface area contributed by atoms with Crippen molar-refractivity contribution in [2.24, 2.45) is 0 Å². The summed E-state index contributed by atoms with van der Waals surface area (Å²) in [6.45, 7) is 4.26. The zero-order valence-corrected chi connectivity index (χ0v) is 10.4. The van der Waals surface area contributed by atoms with E-state index in [2.05, 4.69) is 5.32 Å². The highest BCUT2D eigenvalue weighted by Crippen LogP contribution is 2.10. The largest absolute Gasteiger partial charge is 0.385 e. The fraction of sp³-hybridized carbons (Fsp3) is 0.462. The SMILES string of the molecule is COCCC(C)NC(=O)c1cc(C)ccc1F. The first kappa shape index (κ1) is 13.6. The van der Waals surface area contributed by atoms with Crippen LogP contribution in [-0.4, -0.2) is 25.7 Å². The lowest BCUT2D eigenvalue weighted by Crippen LogP contribution is -2.33. The molecular formula is C13H18FNO2.